The average Bonchev–Trinajstić information content (AvgIpc) is 2.23. The van der Waals surface area contributed by atoms with Gasteiger partial charge in [-0.25, -0.2) is 0 Å². The van der Waals surface area contributed by atoms with E-state index in [2.05, 4.69) is 4.18 Å². The van der Waals surface area contributed by atoms with Gasteiger partial charge in [-0.1, -0.05) is 18.2 Å². The largest absolute Gasteiger partial charge is 0.494 e. The number of hydrogen-bond acceptors (Lipinski definition) is 4. The molecule has 1 aromatic carbocycles. The van der Waals surface area contributed by atoms with Gasteiger partial charge in [-0.2, -0.15) is 8.42 Å². The molecule has 0 saturated carbocycles. The SMILES string of the molecule is CS(=O)(=O)OCCCCOc1ccccc1. The van der Waals surface area contributed by atoms with E-state index in [1.54, 1.807) is 0 Å². The Bertz CT molecular complexity index is 386. The molecule has 90 valence electrons. The molecule has 0 saturated heterocycles. The summed E-state index contributed by atoms with van der Waals surface area (Å²) in [6, 6.07) is 9.50. The predicted octanol–water partition coefficient (Wildman–Crippen LogP) is 1.82. The third kappa shape index (κ3) is 6.42. The Morgan fingerprint density at radius 2 is 1.69 bits per heavy atom. The van der Waals surface area contributed by atoms with Crippen molar-refractivity contribution >= 4 is 10.1 Å². The van der Waals surface area contributed by atoms with E-state index >= 15 is 0 Å². The van der Waals surface area contributed by atoms with Crippen LogP contribution in [-0.4, -0.2) is 27.9 Å². The molecule has 1 rings (SSSR count). The lowest BCUT2D eigenvalue weighted by atomic mass is 10.3. The zero-order valence-electron chi connectivity index (χ0n) is 9.26. The van der Waals surface area contributed by atoms with Crippen LogP contribution in [0.5, 0.6) is 5.75 Å². The molecular weight excluding hydrogens is 228 g/mol. The number of ether oxygens (including phenoxy) is 1. The van der Waals surface area contributed by atoms with Gasteiger partial charge in [-0.05, 0) is 25.0 Å². The molecule has 4 nitrogen and oxygen atoms in total. The molecule has 0 fully saturated rings. The van der Waals surface area contributed by atoms with Crippen LogP contribution >= 0.6 is 0 Å². The minimum atomic E-state index is -3.30. The van der Waals surface area contributed by atoms with Gasteiger partial charge >= 0.3 is 0 Å². The molecule has 0 N–H and O–H groups in total. The molecule has 0 atom stereocenters. The van der Waals surface area contributed by atoms with E-state index in [-0.39, 0.29) is 6.61 Å². The Kier molecular flexibility index (Phi) is 5.28. The van der Waals surface area contributed by atoms with Crippen LogP contribution in [0, 0.1) is 0 Å². The zero-order valence-corrected chi connectivity index (χ0v) is 10.1. The number of hydrogen-bond donors (Lipinski definition) is 0. The third-order valence-electron chi connectivity index (χ3n) is 1.85. The lowest BCUT2D eigenvalue weighted by molar-refractivity contribution is 0.270. The van der Waals surface area contributed by atoms with E-state index in [4.69, 9.17) is 4.74 Å². The summed E-state index contributed by atoms with van der Waals surface area (Å²) in [5, 5.41) is 0. The Balaban J connectivity index is 2.05. The molecule has 0 bridgehead atoms. The summed E-state index contributed by atoms with van der Waals surface area (Å²) >= 11 is 0. The number of para-hydroxylation sites is 1. The zero-order chi connectivity index (χ0) is 11.9. The normalized spacial score (nSPS) is 11.3. The van der Waals surface area contributed by atoms with E-state index in [0.29, 0.717) is 13.0 Å². The number of benzene rings is 1. The highest BCUT2D eigenvalue weighted by atomic mass is 32.2. The second-order valence-corrected chi connectivity index (χ2v) is 5.04. The molecular formula is C11H16O4S. The summed E-state index contributed by atoms with van der Waals surface area (Å²) in [5.74, 6) is 0.825. The summed E-state index contributed by atoms with van der Waals surface area (Å²) < 4.78 is 31.3. The van der Waals surface area contributed by atoms with E-state index < -0.39 is 10.1 Å². The smallest absolute Gasteiger partial charge is 0.264 e. The molecule has 0 aliphatic rings. The van der Waals surface area contributed by atoms with Crippen molar-refractivity contribution in [1.82, 2.24) is 0 Å². The van der Waals surface area contributed by atoms with Crippen LogP contribution in [0.3, 0.4) is 0 Å². The van der Waals surface area contributed by atoms with Crippen LogP contribution in [0.1, 0.15) is 12.8 Å². The highest BCUT2D eigenvalue weighted by molar-refractivity contribution is 7.85. The molecule has 0 amide bonds. The summed E-state index contributed by atoms with van der Waals surface area (Å²) in [6.45, 7) is 0.786. The standard InChI is InChI=1S/C11H16O4S/c1-16(12,13)15-10-6-5-9-14-11-7-3-2-4-8-11/h2-4,7-8H,5-6,9-10H2,1H3. The van der Waals surface area contributed by atoms with Gasteiger partial charge in [-0.3, -0.25) is 4.18 Å². The van der Waals surface area contributed by atoms with Crippen molar-refractivity contribution in [3.8, 4) is 5.75 Å². The molecule has 0 radical (unpaired) electrons. The van der Waals surface area contributed by atoms with E-state index in [9.17, 15) is 8.42 Å². The van der Waals surface area contributed by atoms with Gasteiger partial charge in [0.1, 0.15) is 5.75 Å². The van der Waals surface area contributed by atoms with Gasteiger partial charge in [-0.15, -0.1) is 0 Å². The first kappa shape index (κ1) is 13.0. The van der Waals surface area contributed by atoms with Crippen LogP contribution in [0.2, 0.25) is 0 Å². The van der Waals surface area contributed by atoms with Crippen LogP contribution in [0.25, 0.3) is 0 Å². The first-order valence-electron chi connectivity index (χ1n) is 5.10. The second kappa shape index (κ2) is 6.50. The fraction of sp³-hybridized carbons (Fsp3) is 0.455. The Hall–Kier alpha value is -1.07. The number of unbranched alkanes of at least 4 members (excludes halogenated alkanes) is 1. The maximum absolute atomic E-state index is 10.6. The fourth-order valence-corrected chi connectivity index (χ4v) is 1.54. The first-order chi connectivity index (χ1) is 7.58. The highest BCUT2D eigenvalue weighted by Crippen LogP contribution is 2.08. The topological polar surface area (TPSA) is 52.6 Å². The van der Waals surface area contributed by atoms with Gasteiger partial charge in [0.25, 0.3) is 10.1 Å². The van der Waals surface area contributed by atoms with Crippen LogP contribution in [0.15, 0.2) is 30.3 Å². The van der Waals surface area contributed by atoms with Crippen LogP contribution < -0.4 is 4.74 Å². The first-order valence-corrected chi connectivity index (χ1v) is 6.92. The molecule has 1 aromatic rings. The van der Waals surface area contributed by atoms with Crippen molar-refractivity contribution in [3.63, 3.8) is 0 Å². The summed E-state index contributed by atoms with van der Waals surface area (Å²) in [6.07, 6.45) is 2.48. The molecule has 0 aromatic heterocycles. The maximum atomic E-state index is 10.6. The van der Waals surface area contributed by atoms with Crippen molar-refractivity contribution in [2.75, 3.05) is 19.5 Å². The summed E-state index contributed by atoms with van der Waals surface area (Å²) in [7, 11) is -3.30. The van der Waals surface area contributed by atoms with Gasteiger partial charge in [0.05, 0.1) is 19.5 Å². The molecule has 5 heteroatoms. The van der Waals surface area contributed by atoms with Crippen LogP contribution in [0.4, 0.5) is 0 Å². The molecule has 0 unspecified atom stereocenters. The van der Waals surface area contributed by atoms with E-state index in [1.165, 1.54) is 0 Å². The molecule has 0 aliphatic carbocycles. The van der Waals surface area contributed by atoms with Crippen molar-refractivity contribution in [2.45, 2.75) is 12.8 Å². The monoisotopic (exact) mass is 244 g/mol. The van der Waals surface area contributed by atoms with Gasteiger partial charge in [0.15, 0.2) is 0 Å². The Morgan fingerprint density at radius 1 is 1.06 bits per heavy atom. The fourth-order valence-electron chi connectivity index (χ4n) is 1.12. The lowest BCUT2D eigenvalue weighted by Gasteiger charge is -2.05. The summed E-state index contributed by atoms with van der Waals surface area (Å²) in [4.78, 5) is 0. The second-order valence-electron chi connectivity index (χ2n) is 3.39. The molecule has 0 heterocycles. The molecule has 0 spiro atoms. The number of rotatable bonds is 7. The minimum Gasteiger partial charge on any atom is -0.494 e. The van der Waals surface area contributed by atoms with Crippen molar-refractivity contribution in [1.29, 1.82) is 0 Å². The van der Waals surface area contributed by atoms with Crippen molar-refractivity contribution in [2.24, 2.45) is 0 Å². The summed E-state index contributed by atoms with van der Waals surface area (Å²) in [5.41, 5.74) is 0. The lowest BCUT2D eigenvalue weighted by Crippen LogP contribution is -2.05. The van der Waals surface area contributed by atoms with Crippen LogP contribution in [-0.2, 0) is 14.3 Å². The molecule has 16 heavy (non-hydrogen) atoms. The van der Waals surface area contributed by atoms with E-state index in [0.717, 1.165) is 18.4 Å². The average molecular weight is 244 g/mol. The Labute approximate surface area is 96.3 Å². The minimum absolute atomic E-state index is 0.219. The van der Waals surface area contributed by atoms with Crippen molar-refractivity contribution < 1.29 is 17.3 Å². The Morgan fingerprint density at radius 3 is 2.31 bits per heavy atom. The van der Waals surface area contributed by atoms with Gasteiger partial charge in [0, 0.05) is 0 Å². The van der Waals surface area contributed by atoms with Gasteiger partial charge in [0.2, 0.25) is 0 Å². The maximum Gasteiger partial charge on any atom is 0.264 e. The molecule has 0 aliphatic heterocycles. The predicted molar refractivity (Wildman–Crippen MR) is 62.0 cm³/mol. The quantitative estimate of drug-likeness (QED) is 0.542. The van der Waals surface area contributed by atoms with E-state index in [1.807, 2.05) is 30.3 Å². The highest BCUT2D eigenvalue weighted by Gasteiger charge is 2.00. The van der Waals surface area contributed by atoms with Crippen molar-refractivity contribution in [3.05, 3.63) is 30.3 Å². The van der Waals surface area contributed by atoms with Gasteiger partial charge < -0.3 is 4.74 Å². The third-order valence-corrected chi connectivity index (χ3v) is 2.44.